The lowest BCUT2D eigenvalue weighted by atomic mass is 9.91. The van der Waals surface area contributed by atoms with Crippen molar-refractivity contribution in [1.82, 2.24) is 20.4 Å². The molecule has 4 rings (SSSR count). The molecular weight excluding hydrogens is 376 g/mol. The lowest BCUT2D eigenvalue weighted by Gasteiger charge is -2.30. The summed E-state index contributed by atoms with van der Waals surface area (Å²) < 4.78 is 0. The van der Waals surface area contributed by atoms with E-state index in [0.717, 1.165) is 50.2 Å². The zero-order chi connectivity index (χ0) is 18.6. The molecule has 0 bridgehead atoms. The molecule has 2 aliphatic heterocycles. The summed E-state index contributed by atoms with van der Waals surface area (Å²) in [5.41, 5.74) is 3.44. The van der Waals surface area contributed by atoms with Gasteiger partial charge in [-0.05, 0) is 69.4 Å². The van der Waals surface area contributed by atoms with Gasteiger partial charge in [0, 0.05) is 11.3 Å². The highest BCUT2D eigenvalue weighted by molar-refractivity contribution is 5.85. The quantitative estimate of drug-likeness (QED) is 0.712. The Kier molecular flexibility index (Phi) is 7.10. The Hall–Kier alpha value is -1.89. The van der Waals surface area contributed by atoms with Gasteiger partial charge in [0.05, 0.1) is 17.8 Å². The molecule has 2 saturated heterocycles. The minimum absolute atomic E-state index is 0. The van der Waals surface area contributed by atoms with Crippen LogP contribution >= 0.6 is 12.4 Å². The number of carbonyl (C=O) groups is 1. The van der Waals surface area contributed by atoms with Crippen LogP contribution < -0.4 is 5.32 Å². The molecule has 3 heterocycles. The summed E-state index contributed by atoms with van der Waals surface area (Å²) in [7, 11) is 0. The maximum atomic E-state index is 10.9. The minimum atomic E-state index is -0.747. The lowest BCUT2D eigenvalue weighted by Crippen LogP contribution is -2.36. The number of nitrogens with zero attached hydrogens (tertiary/aromatic N) is 2. The number of nitrogens with one attached hydrogen (secondary N) is 2. The molecule has 0 amide bonds. The number of halogens is 1. The summed E-state index contributed by atoms with van der Waals surface area (Å²) >= 11 is 0. The molecule has 1 aromatic carbocycles. The van der Waals surface area contributed by atoms with Gasteiger partial charge >= 0.3 is 5.97 Å². The summed E-state index contributed by atoms with van der Waals surface area (Å²) in [6, 6.07) is 6.54. The Morgan fingerprint density at radius 1 is 1.21 bits per heavy atom. The number of carboxylic acids is 1. The summed E-state index contributed by atoms with van der Waals surface area (Å²) in [4.78, 5) is 12.9. The number of benzene rings is 1. The summed E-state index contributed by atoms with van der Waals surface area (Å²) in [6.07, 6.45) is 8.94. The average molecular weight is 405 g/mol. The van der Waals surface area contributed by atoms with Crippen LogP contribution in [0.15, 0.2) is 24.3 Å². The Labute approximate surface area is 171 Å². The first-order valence-electron chi connectivity index (χ1n) is 10.00. The molecule has 28 heavy (non-hydrogen) atoms. The number of allylic oxidation sites excluding steroid dienone is 1. The van der Waals surface area contributed by atoms with E-state index in [1.165, 1.54) is 23.8 Å². The number of aliphatic carboxylic acids is 1. The van der Waals surface area contributed by atoms with Crippen molar-refractivity contribution in [2.75, 3.05) is 32.7 Å². The number of likely N-dealkylation sites (tertiary alicyclic amines) is 1. The van der Waals surface area contributed by atoms with E-state index in [2.05, 4.69) is 45.9 Å². The number of hydrogen-bond acceptors (Lipinski definition) is 4. The third kappa shape index (κ3) is 4.93. The van der Waals surface area contributed by atoms with Gasteiger partial charge < -0.3 is 10.4 Å². The van der Waals surface area contributed by atoms with Gasteiger partial charge in [0.25, 0.3) is 0 Å². The second kappa shape index (κ2) is 9.54. The fraction of sp³-hybridized carbons (Fsp3) is 0.524. The predicted octanol–water partition coefficient (Wildman–Crippen LogP) is 3.26. The van der Waals surface area contributed by atoms with E-state index < -0.39 is 5.97 Å². The van der Waals surface area contributed by atoms with Crippen molar-refractivity contribution in [1.29, 1.82) is 0 Å². The lowest BCUT2D eigenvalue weighted by molar-refractivity contribution is -0.138. The van der Waals surface area contributed by atoms with Crippen LogP contribution in [0.4, 0.5) is 0 Å². The number of hydrogen-bond donors (Lipinski definition) is 3. The Morgan fingerprint density at radius 3 is 2.68 bits per heavy atom. The van der Waals surface area contributed by atoms with Crippen LogP contribution in [-0.2, 0) is 4.79 Å². The number of carboxylic acid groups (broad SMARTS) is 1. The number of rotatable bonds is 5. The van der Waals surface area contributed by atoms with Crippen molar-refractivity contribution in [3.63, 3.8) is 0 Å². The zero-order valence-corrected chi connectivity index (χ0v) is 16.9. The van der Waals surface area contributed by atoms with Crippen LogP contribution in [0.1, 0.15) is 42.9 Å². The summed E-state index contributed by atoms with van der Waals surface area (Å²) in [5, 5.41) is 21.4. The highest BCUT2D eigenvalue weighted by Gasteiger charge is 2.25. The molecule has 2 fully saturated rings. The van der Waals surface area contributed by atoms with Gasteiger partial charge in [0.1, 0.15) is 0 Å². The third-order valence-corrected chi connectivity index (χ3v) is 5.89. The molecule has 7 heteroatoms. The molecule has 1 aromatic heterocycles. The van der Waals surface area contributed by atoms with Crippen LogP contribution in [-0.4, -0.2) is 58.9 Å². The maximum Gasteiger partial charge on any atom is 0.317 e. The number of H-pyrrole nitrogens is 1. The Bertz CT molecular complexity index is 821. The van der Waals surface area contributed by atoms with Gasteiger partial charge in [0.2, 0.25) is 0 Å². The first-order chi connectivity index (χ1) is 13.2. The van der Waals surface area contributed by atoms with E-state index in [0.29, 0.717) is 11.8 Å². The second-order valence-corrected chi connectivity index (χ2v) is 7.80. The van der Waals surface area contributed by atoms with Crippen molar-refractivity contribution < 1.29 is 9.90 Å². The Morgan fingerprint density at radius 2 is 1.96 bits per heavy atom. The third-order valence-electron chi connectivity index (χ3n) is 5.89. The molecule has 0 aliphatic carbocycles. The zero-order valence-electron chi connectivity index (χ0n) is 16.1. The smallest absolute Gasteiger partial charge is 0.317 e. The Balaban J connectivity index is 0.00000225. The van der Waals surface area contributed by atoms with Gasteiger partial charge in [-0.25, -0.2) is 0 Å². The maximum absolute atomic E-state index is 10.9. The van der Waals surface area contributed by atoms with E-state index in [9.17, 15) is 4.79 Å². The fourth-order valence-corrected chi connectivity index (χ4v) is 4.31. The van der Waals surface area contributed by atoms with Crippen LogP contribution in [0.3, 0.4) is 0 Å². The monoisotopic (exact) mass is 404 g/mol. The standard InChI is InChI=1S/C21H28N4O2.ClH/c26-20(27)14-25-11-7-17(8-12-25)21-18-4-3-16(13-19(18)23-24-21)2-1-15-5-9-22-10-6-15;/h1-4,13,15,17,22H,5-12,14H2,(H,23,24)(H,26,27);1H/b2-1+;. The van der Waals surface area contributed by atoms with Crippen LogP contribution in [0.5, 0.6) is 0 Å². The minimum Gasteiger partial charge on any atom is -0.480 e. The molecule has 3 N–H and O–H groups in total. The largest absolute Gasteiger partial charge is 0.480 e. The molecule has 0 spiro atoms. The van der Waals surface area contributed by atoms with Gasteiger partial charge in [-0.15, -0.1) is 12.4 Å². The molecule has 0 unspecified atom stereocenters. The van der Waals surface area contributed by atoms with E-state index in [-0.39, 0.29) is 19.0 Å². The van der Waals surface area contributed by atoms with Crippen LogP contribution in [0.2, 0.25) is 0 Å². The van der Waals surface area contributed by atoms with Crippen LogP contribution in [0.25, 0.3) is 17.0 Å². The van der Waals surface area contributed by atoms with E-state index in [1.807, 2.05) is 4.90 Å². The predicted molar refractivity (Wildman–Crippen MR) is 114 cm³/mol. The highest BCUT2D eigenvalue weighted by Crippen LogP contribution is 2.32. The molecular formula is C21H29ClN4O2. The second-order valence-electron chi connectivity index (χ2n) is 7.80. The topological polar surface area (TPSA) is 81.2 Å². The van der Waals surface area contributed by atoms with Crippen molar-refractivity contribution >= 4 is 35.4 Å². The first kappa shape index (κ1) is 20.8. The molecule has 2 aliphatic rings. The van der Waals surface area contributed by atoms with Gasteiger partial charge in [-0.3, -0.25) is 14.8 Å². The van der Waals surface area contributed by atoms with Crippen molar-refractivity contribution in [3.05, 3.63) is 35.5 Å². The summed E-state index contributed by atoms with van der Waals surface area (Å²) in [6.45, 7) is 4.01. The van der Waals surface area contributed by atoms with E-state index in [1.54, 1.807) is 0 Å². The highest BCUT2D eigenvalue weighted by atomic mass is 35.5. The number of fused-ring (bicyclic) bond motifs is 1. The first-order valence-corrected chi connectivity index (χ1v) is 10.00. The summed E-state index contributed by atoms with van der Waals surface area (Å²) in [5.74, 6) is 0.332. The molecule has 2 aromatic rings. The number of aromatic amines is 1. The van der Waals surface area contributed by atoms with E-state index in [4.69, 9.17) is 5.11 Å². The van der Waals surface area contributed by atoms with Crippen molar-refractivity contribution in [2.45, 2.75) is 31.6 Å². The molecule has 0 atom stereocenters. The van der Waals surface area contributed by atoms with Crippen LogP contribution in [0, 0.1) is 5.92 Å². The van der Waals surface area contributed by atoms with Gasteiger partial charge in [-0.2, -0.15) is 5.10 Å². The van der Waals surface area contributed by atoms with Gasteiger partial charge in [-0.1, -0.05) is 24.3 Å². The van der Waals surface area contributed by atoms with Crippen molar-refractivity contribution in [2.24, 2.45) is 5.92 Å². The van der Waals surface area contributed by atoms with Gasteiger partial charge in [0.15, 0.2) is 0 Å². The normalized spacial score (nSPS) is 19.9. The van der Waals surface area contributed by atoms with E-state index >= 15 is 0 Å². The number of aromatic nitrogens is 2. The average Bonchev–Trinajstić information content (AvgIpc) is 3.10. The molecule has 0 radical (unpaired) electrons. The molecule has 0 saturated carbocycles. The molecule has 6 nitrogen and oxygen atoms in total. The SMILES string of the molecule is Cl.O=C(O)CN1CCC(c2n[nH]c3cc(/C=C/C4CCNCC4)ccc23)CC1. The number of piperidine rings is 2. The fourth-order valence-electron chi connectivity index (χ4n) is 4.31. The van der Waals surface area contributed by atoms with Crippen molar-refractivity contribution in [3.8, 4) is 0 Å². The molecule has 152 valence electrons.